The Bertz CT molecular complexity index is 1740. The number of carbonyl (C=O) groups excluding carboxylic acids is 2. The van der Waals surface area contributed by atoms with E-state index in [1.165, 1.54) is 34.4 Å². The van der Waals surface area contributed by atoms with Crippen molar-refractivity contribution < 1.29 is 28.5 Å². The summed E-state index contributed by atoms with van der Waals surface area (Å²) in [5.41, 5.74) is 9.09. The second kappa shape index (κ2) is 16.4. The minimum atomic E-state index is -0.756. The predicted octanol–water partition coefficient (Wildman–Crippen LogP) is 12.0. The van der Waals surface area contributed by atoms with Crippen molar-refractivity contribution >= 4 is 12.3 Å². The number of hydrogen-bond donors (Lipinski definition) is 0. The van der Waals surface area contributed by atoms with Crippen molar-refractivity contribution in [2.75, 3.05) is 13.2 Å². The smallest absolute Gasteiger partial charge is 0.430 e. The Balaban J connectivity index is 2.25. The normalized spacial score (nSPS) is 13.2. The molecular weight excluding hydrogens is 636 g/mol. The molecule has 0 aliphatic heterocycles. The average molecular weight is 696 g/mol. The number of hydrogen-bond acceptors (Lipinski definition) is 6. The summed E-state index contributed by atoms with van der Waals surface area (Å²) in [6.07, 6.45) is 2.32. The molecule has 0 N–H and O–H groups in total. The minimum Gasteiger partial charge on any atom is -0.430 e. The molecule has 0 saturated carbocycles. The highest BCUT2D eigenvalue weighted by Crippen LogP contribution is 2.45. The van der Waals surface area contributed by atoms with Gasteiger partial charge in [-0.05, 0) is 106 Å². The largest absolute Gasteiger partial charge is 0.514 e. The van der Waals surface area contributed by atoms with Crippen molar-refractivity contribution in [2.24, 2.45) is 0 Å². The first kappa shape index (κ1) is 41.1. The van der Waals surface area contributed by atoms with E-state index >= 15 is 0 Å². The number of carbonyl (C=O) groups is 2. The third-order valence-electron chi connectivity index (χ3n) is 9.26. The quantitative estimate of drug-likeness (QED) is 0.113. The van der Waals surface area contributed by atoms with Crippen LogP contribution in [0.5, 0.6) is 11.5 Å². The SMILES string of the molecule is C=CCOC(=O)Oc1cc(C)c(C(C)CC(c2cc(C(C)(C)C)[c]cc2C)c2cc(C(C)(C)C)c(OC(=O)OCC=C)cc2C)cc1C(C)(C)C. The highest BCUT2D eigenvalue weighted by molar-refractivity contribution is 5.67. The Morgan fingerprint density at radius 1 is 0.667 bits per heavy atom. The van der Waals surface area contributed by atoms with Crippen molar-refractivity contribution in [3.8, 4) is 11.5 Å². The van der Waals surface area contributed by atoms with Crippen molar-refractivity contribution in [3.05, 3.63) is 118 Å². The molecule has 3 aromatic rings. The zero-order valence-electron chi connectivity index (χ0n) is 33.3. The van der Waals surface area contributed by atoms with E-state index in [9.17, 15) is 9.59 Å². The summed E-state index contributed by atoms with van der Waals surface area (Å²) in [5, 5.41) is 0. The summed E-state index contributed by atoms with van der Waals surface area (Å²) in [5.74, 6) is 1.10. The Morgan fingerprint density at radius 2 is 1.10 bits per heavy atom. The summed E-state index contributed by atoms with van der Waals surface area (Å²) < 4.78 is 21.8. The van der Waals surface area contributed by atoms with E-state index in [1.54, 1.807) is 0 Å². The van der Waals surface area contributed by atoms with Gasteiger partial charge >= 0.3 is 12.3 Å². The van der Waals surface area contributed by atoms with Crippen molar-refractivity contribution in [3.63, 3.8) is 0 Å². The summed E-state index contributed by atoms with van der Waals surface area (Å²) in [7, 11) is 0. The van der Waals surface area contributed by atoms with Crippen LogP contribution in [0.3, 0.4) is 0 Å². The van der Waals surface area contributed by atoms with Crippen molar-refractivity contribution in [2.45, 2.75) is 125 Å². The standard InChI is InChI=1S/C45H59O6/c1-16-20-48-41(46)50-39-23-30(5)33(26-37(39)44(10,11)12)29(4)22-36(34-25-32(43(7,8)9)19-18-28(34)3)35-27-38(45(13,14)15)40(24-31(35)6)51-42(47)49-21-17-2/h16-18,23-27,29,36H,1-2,20-22H2,3-15H3. The summed E-state index contributed by atoms with van der Waals surface area (Å²) >= 11 is 0. The van der Waals surface area contributed by atoms with Gasteiger partial charge in [0.15, 0.2) is 0 Å². The fourth-order valence-corrected chi connectivity index (χ4v) is 6.43. The topological polar surface area (TPSA) is 71.1 Å². The molecule has 0 spiro atoms. The summed E-state index contributed by atoms with van der Waals surface area (Å²) in [6.45, 7) is 35.3. The van der Waals surface area contributed by atoms with Gasteiger partial charge in [-0.3, -0.25) is 0 Å². The molecule has 0 heterocycles. The first-order valence-electron chi connectivity index (χ1n) is 17.8. The molecule has 51 heavy (non-hydrogen) atoms. The van der Waals surface area contributed by atoms with Crippen molar-refractivity contribution in [1.82, 2.24) is 0 Å². The Labute approximate surface area is 307 Å². The van der Waals surface area contributed by atoms with Gasteiger partial charge in [-0.25, -0.2) is 9.59 Å². The van der Waals surface area contributed by atoms with E-state index in [2.05, 4.69) is 133 Å². The van der Waals surface area contributed by atoms with Crippen LogP contribution in [0.2, 0.25) is 0 Å². The lowest BCUT2D eigenvalue weighted by Crippen LogP contribution is -2.20. The van der Waals surface area contributed by atoms with Gasteiger partial charge in [0, 0.05) is 17.0 Å². The van der Waals surface area contributed by atoms with Gasteiger partial charge in [0.05, 0.1) is 0 Å². The Hall–Kier alpha value is -4.32. The number of rotatable bonds is 11. The molecule has 0 fully saturated rings. The summed E-state index contributed by atoms with van der Waals surface area (Å²) in [6, 6.07) is 16.3. The maximum Gasteiger partial charge on any atom is 0.514 e. The van der Waals surface area contributed by atoms with Crippen LogP contribution in [0.25, 0.3) is 0 Å². The molecule has 0 saturated heterocycles. The van der Waals surface area contributed by atoms with E-state index in [1.807, 2.05) is 12.1 Å². The second-order valence-corrected chi connectivity index (χ2v) is 16.7. The van der Waals surface area contributed by atoms with Gasteiger partial charge < -0.3 is 18.9 Å². The van der Waals surface area contributed by atoms with E-state index < -0.39 is 12.3 Å². The van der Waals surface area contributed by atoms with Crippen LogP contribution in [0.4, 0.5) is 9.59 Å². The maximum absolute atomic E-state index is 12.6. The van der Waals surface area contributed by atoms with Crippen LogP contribution in [-0.4, -0.2) is 25.5 Å². The summed E-state index contributed by atoms with van der Waals surface area (Å²) in [4.78, 5) is 25.1. The molecule has 0 aliphatic carbocycles. The second-order valence-electron chi connectivity index (χ2n) is 16.7. The molecule has 6 nitrogen and oxygen atoms in total. The van der Waals surface area contributed by atoms with Crippen LogP contribution in [0, 0.1) is 26.8 Å². The lowest BCUT2D eigenvalue weighted by Gasteiger charge is -2.31. The molecule has 275 valence electrons. The van der Waals surface area contributed by atoms with E-state index in [4.69, 9.17) is 18.9 Å². The third kappa shape index (κ3) is 10.6. The number of ether oxygens (including phenoxy) is 4. The Kier molecular flexibility index (Phi) is 13.2. The van der Waals surface area contributed by atoms with Gasteiger partial charge in [0.1, 0.15) is 24.7 Å². The molecule has 0 amide bonds. The lowest BCUT2D eigenvalue weighted by molar-refractivity contribution is 0.108. The maximum atomic E-state index is 12.6. The van der Waals surface area contributed by atoms with Gasteiger partial charge in [0.2, 0.25) is 0 Å². The van der Waals surface area contributed by atoms with Crippen LogP contribution < -0.4 is 9.47 Å². The van der Waals surface area contributed by atoms with E-state index in [0.717, 1.165) is 34.2 Å². The van der Waals surface area contributed by atoms with Gasteiger partial charge in [0.25, 0.3) is 0 Å². The fourth-order valence-electron chi connectivity index (χ4n) is 6.43. The Morgan fingerprint density at radius 3 is 1.53 bits per heavy atom. The first-order chi connectivity index (χ1) is 23.6. The van der Waals surface area contributed by atoms with Gasteiger partial charge in [-0.15, -0.1) is 0 Å². The van der Waals surface area contributed by atoms with Crippen LogP contribution >= 0.6 is 0 Å². The molecular formula is C45H59O6. The van der Waals surface area contributed by atoms with Gasteiger partial charge in [-0.2, -0.15) is 0 Å². The molecule has 1 radical (unpaired) electrons. The number of benzene rings is 3. The highest BCUT2D eigenvalue weighted by Gasteiger charge is 2.30. The molecule has 3 aromatic carbocycles. The minimum absolute atomic E-state index is 0.000798. The molecule has 3 rings (SSSR count). The van der Waals surface area contributed by atoms with Crippen LogP contribution in [0.15, 0.2) is 61.7 Å². The monoisotopic (exact) mass is 695 g/mol. The highest BCUT2D eigenvalue weighted by atomic mass is 16.7. The molecule has 0 aromatic heterocycles. The van der Waals surface area contributed by atoms with Crippen molar-refractivity contribution in [1.29, 1.82) is 0 Å². The molecule has 2 atom stereocenters. The average Bonchev–Trinajstić information content (AvgIpc) is 3.00. The molecule has 0 aliphatic rings. The zero-order valence-corrected chi connectivity index (χ0v) is 33.3. The van der Waals surface area contributed by atoms with Gasteiger partial charge in [-0.1, -0.05) is 119 Å². The van der Waals surface area contributed by atoms with Crippen LogP contribution in [-0.2, 0) is 25.7 Å². The lowest BCUT2D eigenvalue weighted by atomic mass is 9.74. The number of aryl methyl sites for hydroxylation is 3. The first-order valence-corrected chi connectivity index (χ1v) is 17.8. The predicted molar refractivity (Wildman–Crippen MR) is 208 cm³/mol. The van der Waals surface area contributed by atoms with E-state index in [0.29, 0.717) is 11.5 Å². The van der Waals surface area contributed by atoms with E-state index in [-0.39, 0.29) is 41.3 Å². The van der Waals surface area contributed by atoms with Crippen LogP contribution in [0.1, 0.15) is 138 Å². The zero-order chi connectivity index (χ0) is 38.5. The molecule has 2 unspecified atom stereocenters. The fraction of sp³-hybridized carbons (Fsp3) is 0.467. The molecule has 0 bridgehead atoms. The molecule has 6 heteroatoms. The third-order valence-corrected chi connectivity index (χ3v) is 9.26.